The van der Waals surface area contributed by atoms with Crippen molar-refractivity contribution >= 4 is 5.91 Å². The summed E-state index contributed by atoms with van der Waals surface area (Å²) in [5, 5.41) is 9.04. The van der Waals surface area contributed by atoms with Gasteiger partial charge in [0.05, 0.1) is 6.61 Å². The molecular formula is C15H20F3NO2. The molecule has 1 rings (SSSR count). The Hall–Kier alpha value is -1.56. The highest BCUT2D eigenvalue weighted by Crippen LogP contribution is 2.25. The third-order valence-electron chi connectivity index (χ3n) is 3.55. The van der Waals surface area contributed by atoms with Crippen molar-refractivity contribution in [3.63, 3.8) is 0 Å². The molecule has 0 aliphatic heterocycles. The van der Waals surface area contributed by atoms with E-state index in [-0.39, 0.29) is 31.2 Å². The molecule has 1 N–H and O–H groups in total. The Morgan fingerprint density at radius 2 is 1.90 bits per heavy atom. The van der Waals surface area contributed by atoms with Crippen molar-refractivity contribution in [3.05, 3.63) is 35.1 Å². The zero-order chi connectivity index (χ0) is 16.2. The number of benzene rings is 1. The summed E-state index contributed by atoms with van der Waals surface area (Å²) in [5.41, 5.74) is -0.946. The zero-order valence-electron chi connectivity index (χ0n) is 12.4. The van der Waals surface area contributed by atoms with Crippen LogP contribution in [0.3, 0.4) is 0 Å². The van der Waals surface area contributed by atoms with Crippen LogP contribution in [0.25, 0.3) is 0 Å². The summed E-state index contributed by atoms with van der Waals surface area (Å²) < 4.78 is 40.1. The smallest absolute Gasteiger partial charge is 0.228 e. The molecule has 3 nitrogen and oxygen atoms in total. The second-order valence-electron chi connectivity index (χ2n) is 5.55. The van der Waals surface area contributed by atoms with Gasteiger partial charge in [0, 0.05) is 30.1 Å². The summed E-state index contributed by atoms with van der Waals surface area (Å²) in [4.78, 5) is 13.6. The standard InChI is InChI=1S/C15H20F3NO2/c1-4-15(2,3)14(21)19(5-6-20)9-10-7-11(16)8-12(17)13(10)18/h7-8,20H,4-6,9H2,1-3H3. The van der Waals surface area contributed by atoms with Gasteiger partial charge < -0.3 is 10.0 Å². The van der Waals surface area contributed by atoms with Crippen molar-refractivity contribution < 1.29 is 23.1 Å². The van der Waals surface area contributed by atoms with Crippen LogP contribution in [0, 0.1) is 22.9 Å². The lowest BCUT2D eigenvalue weighted by molar-refractivity contribution is -0.141. The highest BCUT2D eigenvalue weighted by atomic mass is 19.2. The molecule has 21 heavy (non-hydrogen) atoms. The predicted octanol–water partition coefficient (Wildman–Crippen LogP) is 2.86. The Kier molecular flexibility index (Phi) is 5.78. The number of rotatable bonds is 6. The normalized spacial score (nSPS) is 11.6. The quantitative estimate of drug-likeness (QED) is 0.821. The molecule has 0 spiro atoms. The molecule has 0 heterocycles. The molecule has 0 bridgehead atoms. The summed E-state index contributed by atoms with van der Waals surface area (Å²) in [6, 6.07) is 1.31. The Balaban J connectivity index is 3.07. The van der Waals surface area contributed by atoms with Crippen LogP contribution in [0.2, 0.25) is 0 Å². The van der Waals surface area contributed by atoms with E-state index >= 15 is 0 Å². The monoisotopic (exact) mass is 303 g/mol. The molecule has 6 heteroatoms. The molecule has 0 aliphatic rings. The first-order valence-corrected chi connectivity index (χ1v) is 6.76. The van der Waals surface area contributed by atoms with Crippen molar-refractivity contribution in [2.45, 2.75) is 33.7 Å². The first kappa shape index (κ1) is 17.5. The molecular weight excluding hydrogens is 283 g/mol. The maximum atomic E-state index is 13.7. The molecule has 0 saturated carbocycles. The number of hydrogen-bond acceptors (Lipinski definition) is 2. The third kappa shape index (κ3) is 4.20. The average molecular weight is 303 g/mol. The minimum atomic E-state index is -1.30. The zero-order valence-corrected chi connectivity index (χ0v) is 12.4. The number of halogens is 3. The van der Waals surface area contributed by atoms with Gasteiger partial charge in [0.15, 0.2) is 11.6 Å². The molecule has 0 radical (unpaired) electrons. The van der Waals surface area contributed by atoms with Crippen LogP contribution in [0.15, 0.2) is 12.1 Å². The van der Waals surface area contributed by atoms with Gasteiger partial charge in [-0.1, -0.05) is 20.8 Å². The maximum Gasteiger partial charge on any atom is 0.228 e. The second-order valence-corrected chi connectivity index (χ2v) is 5.55. The number of aliphatic hydroxyl groups excluding tert-OH is 1. The highest BCUT2D eigenvalue weighted by Gasteiger charge is 2.30. The molecule has 0 aromatic heterocycles. The topological polar surface area (TPSA) is 40.5 Å². The highest BCUT2D eigenvalue weighted by molar-refractivity contribution is 5.81. The van der Waals surface area contributed by atoms with E-state index in [2.05, 4.69) is 0 Å². The van der Waals surface area contributed by atoms with E-state index in [1.165, 1.54) is 4.90 Å². The van der Waals surface area contributed by atoms with E-state index in [0.717, 1.165) is 6.07 Å². The maximum absolute atomic E-state index is 13.7. The fourth-order valence-electron chi connectivity index (χ4n) is 1.88. The van der Waals surface area contributed by atoms with Gasteiger partial charge >= 0.3 is 0 Å². The van der Waals surface area contributed by atoms with E-state index in [1.807, 2.05) is 6.92 Å². The molecule has 1 amide bonds. The van der Waals surface area contributed by atoms with Crippen LogP contribution < -0.4 is 0 Å². The average Bonchev–Trinajstić information content (AvgIpc) is 2.42. The third-order valence-corrected chi connectivity index (χ3v) is 3.55. The number of carbonyl (C=O) groups excluding carboxylic acids is 1. The largest absolute Gasteiger partial charge is 0.395 e. The summed E-state index contributed by atoms with van der Waals surface area (Å²) in [7, 11) is 0. The van der Waals surface area contributed by atoms with Gasteiger partial charge in [-0.2, -0.15) is 0 Å². The number of hydrogen-bond donors (Lipinski definition) is 1. The lowest BCUT2D eigenvalue weighted by atomic mass is 9.88. The first-order chi connectivity index (χ1) is 9.72. The Labute approximate surface area is 122 Å². The van der Waals surface area contributed by atoms with E-state index in [4.69, 9.17) is 5.11 Å². The van der Waals surface area contributed by atoms with Crippen LogP contribution in [-0.2, 0) is 11.3 Å². The van der Waals surface area contributed by atoms with Gasteiger partial charge in [0.2, 0.25) is 5.91 Å². The number of nitrogens with zero attached hydrogens (tertiary/aromatic N) is 1. The van der Waals surface area contributed by atoms with Crippen LogP contribution in [0.5, 0.6) is 0 Å². The van der Waals surface area contributed by atoms with Gasteiger partial charge in [-0.05, 0) is 12.5 Å². The summed E-state index contributed by atoms with van der Waals surface area (Å²) in [5.74, 6) is -3.68. The van der Waals surface area contributed by atoms with E-state index in [9.17, 15) is 18.0 Å². The Morgan fingerprint density at radius 1 is 1.29 bits per heavy atom. The molecule has 0 saturated heterocycles. The van der Waals surface area contributed by atoms with Gasteiger partial charge in [-0.15, -0.1) is 0 Å². The van der Waals surface area contributed by atoms with Gasteiger partial charge in [0.1, 0.15) is 5.82 Å². The molecule has 0 atom stereocenters. The predicted molar refractivity (Wildman–Crippen MR) is 72.9 cm³/mol. The van der Waals surface area contributed by atoms with Crippen molar-refractivity contribution in [1.29, 1.82) is 0 Å². The van der Waals surface area contributed by atoms with E-state index < -0.39 is 22.9 Å². The molecule has 118 valence electrons. The Bertz CT molecular complexity index is 518. The number of aliphatic hydroxyl groups is 1. The van der Waals surface area contributed by atoms with Crippen molar-refractivity contribution in [1.82, 2.24) is 4.90 Å². The number of carbonyl (C=O) groups is 1. The van der Waals surface area contributed by atoms with Crippen molar-refractivity contribution in [3.8, 4) is 0 Å². The van der Waals surface area contributed by atoms with Gasteiger partial charge in [0.25, 0.3) is 0 Å². The second kappa shape index (κ2) is 6.93. The van der Waals surface area contributed by atoms with Crippen LogP contribution in [0.1, 0.15) is 32.8 Å². The SMILES string of the molecule is CCC(C)(C)C(=O)N(CCO)Cc1cc(F)cc(F)c1F. The van der Waals surface area contributed by atoms with Crippen LogP contribution >= 0.6 is 0 Å². The van der Waals surface area contributed by atoms with E-state index in [1.54, 1.807) is 13.8 Å². The molecule has 0 unspecified atom stereocenters. The van der Waals surface area contributed by atoms with Crippen LogP contribution in [-0.4, -0.2) is 29.1 Å². The van der Waals surface area contributed by atoms with Crippen molar-refractivity contribution in [2.24, 2.45) is 5.41 Å². The van der Waals surface area contributed by atoms with Gasteiger partial charge in [-0.3, -0.25) is 4.79 Å². The van der Waals surface area contributed by atoms with Gasteiger partial charge in [-0.25, -0.2) is 13.2 Å². The minimum Gasteiger partial charge on any atom is -0.395 e. The summed E-state index contributed by atoms with van der Waals surface area (Å²) in [6.07, 6.45) is 0.549. The van der Waals surface area contributed by atoms with Crippen molar-refractivity contribution in [2.75, 3.05) is 13.2 Å². The van der Waals surface area contributed by atoms with Crippen LogP contribution in [0.4, 0.5) is 13.2 Å². The molecule has 1 aromatic carbocycles. The van der Waals surface area contributed by atoms with E-state index in [0.29, 0.717) is 12.5 Å². The molecule has 0 fully saturated rings. The first-order valence-electron chi connectivity index (χ1n) is 6.76. The fraction of sp³-hybridized carbons (Fsp3) is 0.533. The molecule has 0 aliphatic carbocycles. The fourth-order valence-corrected chi connectivity index (χ4v) is 1.88. The molecule has 1 aromatic rings. The lowest BCUT2D eigenvalue weighted by Gasteiger charge is -2.31. The Morgan fingerprint density at radius 3 is 2.43 bits per heavy atom. The number of amides is 1. The summed E-state index contributed by atoms with van der Waals surface area (Å²) >= 11 is 0. The summed E-state index contributed by atoms with van der Waals surface area (Å²) in [6.45, 7) is 4.65. The lowest BCUT2D eigenvalue weighted by Crippen LogP contribution is -2.42. The minimum absolute atomic E-state index is 0.0279.